The highest BCUT2D eigenvalue weighted by molar-refractivity contribution is 5.40. The minimum atomic E-state index is -0.234. The van der Waals surface area contributed by atoms with E-state index in [4.69, 9.17) is 5.73 Å². The van der Waals surface area contributed by atoms with Crippen LogP contribution in [0.25, 0.3) is 0 Å². The maximum Gasteiger partial charge on any atom is 0.129 e. The average Bonchev–Trinajstić information content (AvgIpc) is 2.21. The van der Waals surface area contributed by atoms with E-state index in [1.807, 2.05) is 0 Å². The zero-order valence-electron chi connectivity index (χ0n) is 10.3. The van der Waals surface area contributed by atoms with Gasteiger partial charge >= 0.3 is 0 Å². The quantitative estimate of drug-likeness (QED) is 0.755. The zero-order chi connectivity index (χ0) is 12.2. The Labute approximate surface area is 97.0 Å². The first kappa shape index (κ1) is 13.0. The van der Waals surface area contributed by atoms with Crippen LogP contribution < -0.4 is 11.1 Å². The molecule has 0 saturated heterocycles. The van der Waals surface area contributed by atoms with Crippen molar-refractivity contribution in [3.05, 3.63) is 29.6 Å². The molecular weight excluding hydrogens is 203 g/mol. The van der Waals surface area contributed by atoms with Crippen molar-refractivity contribution in [3.8, 4) is 0 Å². The third-order valence-corrected chi connectivity index (χ3v) is 2.95. The van der Waals surface area contributed by atoms with Crippen LogP contribution in [0.1, 0.15) is 32.8 Å². The molecule has 90 valence electrons. The molecule has 0 aliphatic rings. The highest BCUT2D eigenvalue weighted by Crippen LogP contribution is 2.18. The second-order valence-electron chi connectivity index (χ2n) is 4.97. The van der Waals surface area contributed by atoms with Crippen LogP contribution in [-0.2, 0) is 6.54 Å². The van der Waals surface area contributed by atoms with E-state index < -0.39 is 0 Å². The Morgan fingerprint density at radius 3 is 2.62 bits per heavy atom. The van der Waals surface area contributed by atoms with E-state index in [1.165, 1.54) is 6.07 Å². The molecule has 0 aliphatic heterocycles. The number of hydrogen-bond donors (Lipinski definition) is 2. The third-order valence-electron chi connectivity index (χ3n) is 2.95. The fourth-order valence-electron chi connectivity index (χ4n) is 1.37. The lowest BCUT2D eigenvalue weighted by molar-refractivity contribution is 0.326. The Morgan fingerprint density at radius 1 is 1.38 bits per heavy atom. The van der Waals surface area contributed by atoms with E-state index in [-0.39, 0.29) is 11.2 Å². The van der Waals surface area contributed by atoms with Gasteiger partial charge in [-0.05, 0) is 24.0 Å². The topological polar surface area (TPSA) is 38.0 Å². The molecule has 1 aromatic carbocycles. The van der Waals surface area contributed by atoms with Crippen molar-refractivity contribution in [2.45, 2.75) is 33.7 Å². The molecule has 0 radical (unpaired) electrons. The Kier molecular flexibility index (Phi) is 4.30. The van der Waals surface area contributed by atoms with Gasteiger partial charge in [-0.15, -0.1) is 0 Å². The first-order valence-corrected chi connectivity index (χ1v) is 5.69. The van der Waals surface area contributed by atoms with Gasteiger partial charge in [0.2, 0.25) is 0 Å². The van der Waals surface area contributed by atoms with Crippen LogP contribution in [0, 0.1) is 11.2 Å². The van der Waals surface area contributed by atoms with Gasteiger partial charge in [0.05, 0.1) is 0 Å². The van der Waals surface area contributed by atoms with Gasteiger partial charge in [-0.25, -0.2) is 4.39 Å². The van der Waals surface area contributed by atoms with Crippen LogP contribution in [0.3, 0.4) is 0 Å². The normalized spacial score (nSPS) is 11.8. The van der Waals surface area contributed by atoms with Crippen molar-refractivity contribution in [3.63, 3.8) is 0 Å². The molecule has 0 bridgehead atoms. The summed E-state index contributed by atoms with van der Waals surface area (Å²) in [6.45, 7) is 7.98. The molecule has 0 saturated carbocycles. The minimum absolute atomic E-state index is 0.234. The molecule has 0 fully saturated rings. The first-order valence-electron chi connectivity index (χ1n) is 5.69. The molecule has 0 aromatic heterocycles. The lowest BCUT2D eigenvalue weighted by Crippen LogP contribution is -2.28. The van der Waals surface area contributed by atoms with Gasteiger partial charge in [0.1, 0.15) is 5.82 Å². The van der Waals surface area contributed by atoms with E-state index in [2.05, 4.69) is 26.1 Å². The number of anilines is 1. The first-order chi connectivity index (χ1) is 7.44. The van der Waals surface area contributed by atoms with Gasteiger partial charge in [-0.2, -0.15) is 0 Å². The van der Waals surface area contributed by atoms with Gasteiger partial charge < -0.3 is 11.1 Å². The smallest absolute Gasteiger partial charge is 0.129 e. The summed E-state index contributed by atoms with van der Waals surface area (Å²) in [6.07, 6.45) is 1.10. The van der Waals surface area contributed by atoms with Gasteiger partial charge in [0.25, 0.3) is 0 Å². The van der Waals surface area contributed by atoms with E-state index in [0.717, 1.165) is 13.0 Å². The van der Waals surface area contributed by atoms with Gasteiger partial charge in [0.15, 0.2) is 0 Å². The highest BCUT2D eigenvalue weighted by atomic mass is 19.1. The Morgan fingerprint density at radius 2 is 2.06 bits per heavy atom. The third kappa shape index (κ3) is 3.81. The standard InChI is InChI=1S/C13H21FN2/c1-4-13(2,3)9-16-8-10-5-6-11(15)7-12(10)14/h5-7,16H,4,8-9,15H2,1-3H3. The molecule has 0 spiro atoms. The van der Waals surface area contributed by atoms with Crippen LogP contribution in [-0.4, -0.2) is 6.54 Å². The van der Waals surface area contributed by atoms with Crippen LogP contribution in [0.2, 0.25) is 0 Å². The number of hydrogen-bond acceptors (Lipinski definition) is 2. The van der Waals surface area contributed by atoms with Crippen molar-refractivity contribution < 1.29 is 4.39 Å². The van der Waals surface area contributed by atoms with Crippen LogP contribution in [0.4, 0.5) is 10.1 Å². The minimum Gasteiger partial charge on any atom is -0.399 e. The van der Waals surface area contributed by atoms with Crippen molar-refractivity contribution in [2.75, 3.05) is 12.3 Å². The average molecular weight is 224 g/mol. The fourth-order valence-corrected chi connectivity index (χ4v) is 1.37. The molecule has 0 unspecified atom stereocenters. The number of nitrogens with two attached hydrogens (primary N) is 1. The van der Waals surface area contributed by atoms with Crippen molar-refractivity contribution in [1.29, 1.82) is 0 Å². The summed E-state index contributed by atoms with van der Waals surface area (Å²) >= 11 is 0. The molecule has 0 amide bonds. The second-order valence-corrected chi connectivity index (χ2v) is 4.97. The van der Waals surface area contributed by atoms with Crippen molar-refractivity contribution in [1.82, 2.24) is 5.32 Å². The summed E-state index contributed by atoms with van der Waals surface area (Å²) in [5, 5.41) is 3.27. The summed E-state index contributed by atoms with van der Waals surface area (Å²) in [4.78, 5) is 0. The maximum absolute atomic E-state index is 13.4. The number of nitrogen functional groups attached to an aromatic ring is 1. The van der Waals surface area contributed by atoms with Gasteiger partial charge in [0, 0.05) is 24.3 Å². The van der Waals surface area contributed by atoms with E-state index in [0.29, 0.717) is 17.8 Å². The number of benzene rings is 1. The lowest BCUT2D eigenvalue weighted by Gasteiger charge is -2.23. The van der Waals surface area contributed by atoms with Crippen molar-refractivity contribution >= 4 is 5.69 Å². The number of halogens is 1. The van der Waals surface area contributed by atoms with Crippen LogP contribution in [0.5, 0.6) is 0 Å². The van der Waals surface area contributed by atoms with Crippen molar-refractivity contribution in [2.24, 2.45) is 5.41 Å². The molecule has 3 N–H and O–H groups in total. The SMILES string of the molecule is CCC(C)(C)CNCc1ccc(N)cc1F. The molecular formula is C13H21FN2. The Hall–Kier alpha value is -1.09. The van der Waals surface area contributed by atoms with Gasteiger partial charge in [-0.1, -0.05) is 26.8 Å². The molecule has 2 nitrogen and oxygen atoms in total. The lowest BCUT2D eigenvalue weighted by atomic mass is 9.90. The number of rotatable bonds is 5. The van der Waals surface area contributed by atoms with Gasteiger partial charge in [-0.3, -0.25) is 0 Å². The monoisotopic (exact) mass is 224 g/mol. The molecule has 0 aliphatic carbocycles. The van der Waals surface area contributed by atoms with E-state index >= 15 is 0 Å². The number of nitrogens with one attached hydrogen (secondary N) is 1. The zero-order valence-corrected chi connectivity index (χ0v) is 10.3. The molecule has 0 atom stereocenters. The summed E-state index contributed by atoms with van der Waals surface area (Å²) in [5.74, 6) is -0.234. The highest BCUT2D eigenvalue weighted by Gasteiger charge is 2.14. The second kappa shape index (κ2) is 5.30. The maximum atomic E-state index is 13.4. The van der Waals surface area contributed by atoms with E-state index in [9.17, 15) is 4.39 Å². The summed E-state index contributed by atoms with van der Waals surface area (Å²) in [7, 11) is 0. The largest absolute Gasteiger partial charge is 0.399 e. The van der Waals surface area contributed by atoms with Crippen LogP contribution >= 0.6 is 0 Å². The summed E-state index contributed by atoms with van der Waals surface area (Å²) in [6, 6.07) is 4.82. The molecule has 0 heterocycles. The predicted molar refractivity (Wildman–Crippen MR) is 66.6 cm³/mol. The Balaban J connectivity index is 2.49. The van der Waals surface area contributed by atoms with E-state index in [1.54, 1.807) is 12.1 Å². The molecule has 1 rings (SSSR count). The summed E-state index contributed by atoms with van der Waals surface area (Å²) < 4.78 is 13.4. The molecule has 16 heavy (non-hydrogen) atoms. The Bertz CT molecular complexity index is 348. The summed E-state index contributed by atoms with van der Waals surface area (Å²) in [5.41, 5.74) is 6.88. The molecule has 1 aromatic rings. The van der Waals surface area contributed by atoms with Crippen LogP contribution in [0.15, 0.2) is 18.2 Å². The predicted octanol–water partition coefficient (Wildman–Crippen LogP) is 2.93. The fraction of sp³-hybridized carbons (Fsp3) is 0.538. The molecule has 3 heteroatoms.